The molecule has 6 nitrogen and oxygen atoms in total. The lowest BCUT2D eigenvalue weighted by molar-refractivity contribution is -0.123. The number of ether oxygens (including phenoxy) is 1. The van der Waals surface area contributed by atoms with E-state index in [1.807, 2.05) is 56.3 Å². The van der Waals surface area contributed by atoms with Crippen LogP contribution < -0.4 is 5.32 Å². The first kappa shape index (κ1) is 20.3. The number of benzene rings is 2. The van der Waals surface area contributed by atoms with Crippen molar-refractivity contribution >= 4 is 17.7 Å². The minimum atomic E-state index is -0.942. The molecule has 3 rings (SSSR count). The van der Waals surface area contributed by atoms with Crippen molar-refractivity contribution in [2.24, 2.45) is 0 Å². The summed E-state index contributed by atoms with van der Waals surface area (Å²) in [6.45, 7) is 5.49. The molecule has 6 heteroatoms. The van der Waals surface area contributed by atoms with Crippen molar-refractivity contribution in [2.75, 3.05) is 5.32 Å². The molecule has 0 saturated carbocycles. The van der Waals surface area contributed by atoms with Crippen LogP contribution in [0.25, 0.3) is 0 Å². The van der Waals surface area contributed by atoms with E-state index < -0.39 is 18.0 Å². The van der Waals surface area contributed by atoms with Gasteiger partial charge in [-0.1, -0.05) is 48.5 Å². The van der Waals surface area contributed by atoms with Gasteiger partial charge in [-0.15, -0.1) is 0 Å². The van der Waals surface area contributed by atoms with E-state index in [0.29, 0.717) is 17.8 Å². The second-order valence-electron chi connectivity index (χ2n) is 7.11. The minimum absolute atomic E-state index is 0.100. The highest BCUT2D eigenvalue weighted by Gasteiger charge is 2.22. The normalized spacial score (nSPS) is 11.9. The molecule has 1 aromatic heterocycles. The number of aromatic nitrogens is 2. The van der Waals surface area contributed by atoms with E-state index in [4.69, 9.17) is 4.74 Å². The average Bonchev–Trinajstić information content (AvgIpc) is 3.17. The summed E-state index contributed by atoms with van der Waals surface area (Å²) in [5, 5.41) is 6.95. The van der Waals surface area contributed by atoms with Gasteiger partial charge in [0.05, 0.1) is 11.8 Å². The summed E-state index contributed by atoms with van der Waals surface area (Å²) in [5.74, 6) is -0.352. The van der Waals surface area contributed by atoms with Gasteiger partial charge in [0.1, 0.15) is 5.82 Å². The third kappa shape index (κ3) is 5.10. The lowest BCUT2D eigenvalue weighted by Gasteiger charge is -2.16. The van der Waals surface area contributed by atoms with Gasteiger partial charge in [-0.3, -0.25) is 4.79 Å². The van der Waals surface area contributed by atoms with E-state index in [2.05, 4.69) is 10.4 Å². The SMILES string of the molecule is CC(C)n1nccc1NC(=O)[C@H](C)OC(=O)c1ccccc1Cc1ccccc1. The van der Waals surface area contributed by atoms with Gasteiger partial charge in [-0.05, 0) is 44.4 Å². The number of carbonyl (C=O) groups excluding carboxylic acids is 2. The van der Waals surface area contributed by atoms with Crippen LogP contribution in [0, 0.1) is 0 Å². The predicted molar refractivity (Wildman–Crippen MR) is 112 cm³/mol. The smallest absolute Gasteiger partial charge is 0.339 e. The van der Waals surface area contributed by atoms with Crippen molar-refractivity contribution in [2.45, 2.75) is 39.3 Å². The van der Waals surface area contributed by atoms with Crippen molar-refractivity contribution in [3.05, 3.63) is 83.6 Å². The molecule has 0 fully saturated rings. The van der Waals surface area contributed by atoms with E-state index in [9.17, 15) is 9.59 Å². The van der Waals surface area contributed by atoms with Crippen molar-refractivity contribution in [3.63, 3.8) is 0 Å². The summed E-state index contributed by atoms with van der Waals surface area (Å²) in [6, 6.07) is 19.0. The van der Waals surface area contributed by atoms with Crippen molar-refractivity contribution in [1.82, 2.24) is 9.78 Å². The third-order valence-electron chi connectivity index (χ3n) is 4.54. The standard InChI is InChI=1S/C23H25N3O3/c1-16(2)26-21(13-14-24-26)25-22(27)17(3)29-23(28)20-12-8-7-11-19(20)15-18-9-5-4-6-10-18/h4-14,16-17H,15H2,1-3H3,(H,25,27)/t17-/m0/s1. The molecule has 29 heavy (non-hydrogen) atoms. The number of nitrogens with one attached hydrogen (secondary N) is 1. The molecule has 2 aromatic carbocycles. The lowest BCUT2D eigenvalue weighted by Crippen LogP contribution is -2.31. The second kappa shape index (κ2) is 9.19. The number of rotatable bonds is 7. The number of anilines is 1. The fraction of sp³-hybridized carbons (Fsp3) is 0.261. The molecule has 1 heterocycles. The van der Waals surface area contributed by atoms with Crippen LogP contribution in [0.15, 0.2) is 66.9 Å². The summed E-state index contributed by atoms with van der Waals surface area (Å²) in [4.78, 5) is 25.2. The number of hydrogen-bond acceptors (Lipinski definition) is 4. The van der Waals surface area contributed by atoms with Crippen LogP contribution in [-0.2, 0) is 16.0 Å². The molecule has 0 unspecified atom stereocenters. The summed E-state index contributed by atoms with van der Waals surface area (Å²) in [7, 11) is 0. The predicted octanol–water partition coefficient (Wildman–Crippen LogP) is 4.24. The maximum Gasteiger partial charge on any atom is 0.339 e. The van der Waals surface area contributed by atoms with Crippen LogP contribution in [0.4, 0.5) is 5.82 Å². The molecule has 1 atom stereocenters. The molecule has 0 spiro atoms. The highest BCUT2D eigenvalue weighted by molar-refractivity contribution is 5.97. The number of amides is 1. The number of hydrogen-bond donors (Lipinski definition) is 1. The Bertz CT molecular complexity index is 980. The summed E-state index contributed by atoms with van der Waals surface area (Å²) >= 11 is 0. The van der Waals surface area contributed by atoms with Gasteiger partial charge >= 0.3 is 5.97 Å². The van der Waals surface area contributed by atoms with Gasteiger partial charge in [-0.25, -0.2) is 9.48 Å². The zero-order valence-electron chi connectivity index (χ0n) is 16.8. The molecular formula is C23H25N3O3. The van der Waals surface area contributed by atoms with Gasteiger partial charge in [0, 0.05) is 12.1 Å². The molecule has 0 aliphatic carbocycles. The Kier molecular flexibility index (Phi) is 6.44. The van der Waals surface area contributed by atoms with Crippen molar-refractivity contribution in [3.8, 4) is 0 Å². The Morgan fingerprint density at radius 1 is 1.00 bits per heavy atom. The Morgan fingerprint density at radius 3 is 2.41 bits per heavy atom. The van der Waals surface area contributed by atoms with Crippen LogP contribution in [0.1, 0.15) is 48.3 Å². The monoisotopic (exact) mass is 391 g/mol. The number of carbonyl (C=O) groups is 2. The summed E-state index contributed by atoms with van der Waals surface area (Å²) < 4.78 is 7.14. The summed E-state index contributed by atoms with van der Waals surface area (Å²) in [6.07, 6.45) is 1.29. The molecular weight excluding hydrogens is 366 g/mol. The van der Waals surface area contributed by atoms with Crippen LogP contribution in [0.5, 0.6) is 0 Å². The highest BCUT2D eigenvalue weighted by atomic mass is 16.5. The van der Waals surface area contributed by atoms with Crippen molar-refractivity contribution < 1.29 is 14.3 Å². The first-order chi connectivity index (χ1) is 14.0. The Labute approximate surface area is 170 Å². The van der Waals surface area contributed by atoms with Crippen LogP contribution in [-0.4, -0.2) is 27.8 Å². The maximum absolute atomic E-state index is 12.7. The molecule has 0 radical (unpaired) electrons. The van der Waals surface area contributed by atoms with Gasteiger partial charge in [0.2, 0.25) is 0 Å². The Balaban J connectivity index is 1.68. The maximum atomic E-state index is 12.7. The van der Waals surface area contributed by atoms with Crippen LogP contribution >= 0.6 is 0 Å². The fourth-order valence-corrected chi connectivity index (χ4v) is 3.02. The molecule has 3 aromatic rings. The zero-order chi connectivity index (χ0) is 20.8. The van der Waals surface area contributed by atoms with E-state index in [1.165, 1.54) is 0 Å². The lowest BCUT2D eigenvalue weighted by atomic mass is 10.00. The van der Waals surface area contributed by atoms with E-state index in [-0.39, 0.29) is 6.04 Å². The van der Waals surface area contributed by atoms with Gasteiger partial charge in [0.25, 0.3) is 5.91 Å². The molecule has 0 saturated heterocycles. The molecule has 0 aliphatic heterocycles. The largest absolute Gasteiger partial charge is 0.449 e. The topological polar surface area (TPSA) is 73.2 Å². The molecule has 0 aliphatic rings. The van der Waals surface area contributed by atoms with E-state index in [0.717, 1.165) is 11.1 Å². The van der Waals surface area contributed by atoms with E-state index in [1.54, 1.807) is 36.0 Å². The van der Waals surface area contributed by atoms with Crippen LogP contribution in [0.2, 0.25) is 0 Å². The van der Waals surface area contributed by atoms with Crippen LogP contribution in [0.3, 0.4) is 0 Å². The first-order valence-electron chi connectivity index (χ1n) is 9.63. The number of esters is 1. The molecule has 1 N–H and O–H groups in total. The Morgan fingerprint density at radius 2 is 1.69 bits per heavy atom. The Hall–Kier alpha value is -3.41. The summed E-state index contributed by atoms with van der Waals surface area (Å²) in [5.41, 5.74) is 2.41. The second-order valence-corrected chi connectivity index (χ2v) is 7.11. The van der Waals surface area contributed by atoms with Gasteiger partial charge in [-0.2, -0.15) is 5.10 Å². The third-order valence-corrected chi connectivity index (χ3v) is 4.54. The highest BCUT2D eigenvalue weighted by Crippen LogP contribution is 2.17. The minimum Gasteiger partial charge on any atom is -0.449 e. The number of nitrogens with zero attached hydrogens (tertiary/aromatic N) is 2. The molecule has 150 valence electrons. The zero-order valence-corrected chi connectivity index (χ0v) is 16.8. The van der Waals surface area contributed by atoms with Gasteiger partial charge in [0.15, 0.2) is 6.10 Å². The molecule has 1 amide bonds. The average molecular weight is 391 g/mol. The molecule has 0 bridgehead atoms. The van der Waals surface area contributed by atoms with E-state index >= 15 is 0 Å². The fourth-order valence-electron chi connectivity index (χ4n) is 3.02. The van der Waals surface area contributed by atoms with Crippen molar-refractivity contribution in [1.29, 1.82) is 0 Å². The van der Waals surface area contributed by atoms with Gasteiger partial charge < -0.3 is 10.1 Å². The first-order valence-corrected chi connectivity index (χ1v) is 9.63. The quantitative estimate of drug-likeness (QED) is 0.612.